The second-order valence-corrected chi connectivity index (χ2v) is 5.63. The van der Waals surface area contributed by atoms with Crippen molar-refractivity contribution in [3.05, 3.63) is 29.8 Å². The number of carbonyl (C=O) groups excluding carboxylic acids is 1. The van der Waals surface area contributed by atoms with Crippen LogP contribution in [0.2, 0.25) is 0 Å². The standard InChI is InChI=1S/C16H25NO2/c1-11(2)10-17-16(18)15(12(3)4)13-6-8-14(19-5)9-7-13/h6-9,11-12,15H,10H2,1-5H3,(H,17,18). The first-order valence-corrected chi connectivity index (χ1v) is 6.87. The molecule has 1 amide bonds. The fourth-order valence-electron chi connectivity index (χ4n) is 2.06. The van der Waals surface area contributed by atoms with Crippen molar-refractivity contribution in [1.82, 2.24) is 5.32 Å². The molecule has 19 heavy (non-hydrogen) atoms. The first-order valence-electron chi connectivity index (χ1n) is 6.87. The normalized spacial score (nSPS) is 12.6. The molecule has 0 saturated heterocycles. The van der Waals surface area contributed by atoms with Gasteiger partial charge in [0.25, 0.3) is 0 Å². The van der Waals surface area contributed by atoms with Crippen LogP contribution in [0, 0.1) is 11.8 Å². The number of hydrogen-bond acceptors (Lipinski definition) is 2. The molecule has 3 nitrogen and oxygen atoms in total. The third kappa shape index (κ3) is 4.58. The van der Waals surface area contributed by atoms with E-state index in [4.69, 9.17) is 4.74 Å². The average molecular weight is 263 g/mol. The summed E-state index contributed by atoms with van der Waals surface area (Å²) in [5, 5.41) is 3.02. The lowest BCUT2D eigenvalue weighted by molar-refractivity contribution is -0.123. The third-order valence-corrected chi connectivity index (χ3v) is 3.11. The van der Waals surface area contributed by atoms with Crippen LogP contribution >= 0.6 is 0 Å². The summed E-state index contributed by atoms with van der Waals surface area (Å²) in [6, 6.07) is 7.75. The summed E-state index contributed by atoms with van der Waals surface area (Å²) in [4.78, 5) is 12.3. The molecule has 0 heterocycles. The number of nitrogens with one attached hydrogen (secondary N) is 1. The minimum Gasteiger partial charge on any atom is -0.497 e. The van der Waals surface area contributed by atoms with E-state index in [9.17, 15) is 4.79 Å². The third-order valence-electron chi connectivity index (χ3n) is 3.11. The lowest BCUT2D eigenvalue weighted by atomic mass is 9.87. The zero-order valence-corrected chi connectivity index (χ0v) is 12.6. The van der Waals surface area contributed by atoms with Crippen LogP contribution in [-0.4, -0.2) is 19.6 Å². The van der Waals surface area contributed by atoms with E-state index in [1.807, 2.05) is 24.3 Å². The fourth-order valence-corrected chi connectivity index (χ4v) is 2.06. The van der Waals surface area contributed by atoms with Crippen LogP contribution in [0.4, 0.5) is 0 Å². The molecule has 0 fully saturated rings. The second-order valence-electron chi connectivity index (χ2n) is 5.63. The van der Waals surface area contributed by atoms with E-state index in [-0.39, 0.29) is 17.7 Å². The van der Waals surface area contributed by atoms with Gasteiger partial charge in [-0.3, -0.25) is 4.79 Å². The van der Waals surface area contributed by atoms with Crippen molar-refractivity contribution in [2.24, 2.45) is 11.8 Å². The molecule has 3 heteroatoms. The van der Waals surface area contributed by atoms with Crippen molar-refractivity contribution < 1.29 is 9.53 Å². The van der Waals surface area contributed by atoms with E-state index in [0.717, 1.165) is 17.9 Å². The SMILES string of the molecule is COc1ccc(C(C(=O)NCC(C)C)C(C)C)cc1. The molecule has 1 N–H and O–H groups in total. The molecule has 0 aromatic heterocycles. The summed E-state index contributed by atoms with van der Waals surface area (Å²) in [5.41, 5.74) is 1.04. The maximum Gasteiger partial charge on any atom is 0.227 e. The number of hydrogen-bond donors (Lipinski definition) is 1. The Balaban J connectivity index is 2.83. The van der Waals surface area contributed by atoms with Crippen molar-refractivity contribution in [1.29, 1.82) is 0 Å². The molecule has 0 saturated carbocycles. The summed E-state index contributed by atoms with van der Waals surface area (Å²) >= 11 is 0. The van der Waals surface area contributed by atoms with E-state index < -0.39 is 0 Å². The van der Waals surface area contributed by atoms with E-state index in [2.05, 4.69) is 33.0 Å². The van der Waals surface area contributed by atoms with Crippen LogP contribution < -0.4 is 10.1 Å². The molecule has 1 rings (SSSR count). The van der Waals surface area contributed by atoms with Crippen LogP contribution in [0.1, 0.15) is 39.2 Å². The molecule has 1 aromatic rings. The van der Waals surface area contributed by atoms with Crippen LogP contribution in [0.25, 0.3) is 0 Å². The molecule has 0 aliphatic heterocycles. The molecule has 0 radical (unpaired) electrons. The van der Waals surface area contributed by atoms with Crippen LogP contribution in [0.3, 0.4) is 0 Å². The molecule has 0 bridgehead atoms. The van der Waals surface area contributed by atoms with Gasteiger partial charge in [-0.15, -0.1) is 0 Å². The second kappa shape index (κ2) is 7.17. The van der Waals surface area contributed by atoms with Gasteiger partial charge in [-0.1, -0.05) is 39.8 Å². The molecule has 1 atom stereocenters. The molecule has 106 valence electrons. The summed E-state index contributed by atoms with van der Waals surface area (Å²) in [6.07, 6.45) is 0. The van der Waals surface area contributed by atoms with Crippen LogP contribution in [-0.2, 0) is 4.79 Å². The minimum absolute atomic E-state index is 0.105. The Morgan fingerprint density at radius 3 is 2.16 bits per heavy atom. The molecule has 1 aromatic carbocycles. The zero-order chi connectivity index (χ0) is 14.4. The first kappa shape index (κ1) is 15.5. The Bertz CT molecular complexity index is 396. The summed E-state index contributed by atoms with van der Waals surface area (Å²) in [6.45, 7) is 9.06. The van der Waals surface area contributed by atoms with Gasteiger partial charge in [0.15, 0.2) is 0 Å². The Hall–Kier alpha value is -1.51. The molecular formula is C16H25NO2. The first-order chi connectivity index (χ1) is 8.95. The Labute approximate surface area is 116 Å². The molecule has 0 aliphatic carbocycles. The van der Waals surface area contributed by atoms with Crippen molar-refractivity contribution in [3.8, 4) is 5.75 Å². The summed E-state index contributed by atoms with van der Waals surface area (Å²) in [7, 11) is 1.64. The summed E-state index contributed by atoms with van der Waals surface area (Å²) < 4.78 is 5.15. The number of amides is 1. The van der Waals surface area contributed by atoms with Gasteiger partial charge in [0, 0.05) is 6.54 Å². The van der Waals surface area contributed by atoms with Gasteiger partial charge < -0.3 is 10.1 Å². The monoisotopic (exact) mass is 263 g/mol. The molecule has 0 spiro atoms. The topological polar surface area (TPSA) is 38.3 Å². The van der Waals surface area contributed by atoms with E-state index in [1.165, 1.54) is 0 Å². The van der Waals surface area contributed by atoms with Crippen molar-refractivity contribution >= 4 is 5.91 Å². The van der Waals surface area contributed by atoms with Crippen molar-refractivity contribution in [2.75, 3.05) is 13.7 Å². The number of carbonyl (C=O) groups is 1. The van der Waals surface area contributed by atoms with Gasteiger partial charge >= 0.3 is 0 Å². The van der Waals surface area contributed by atoms with Gasteiger partial charge in [0.2, 0.25) is 5.91 Å². The van der Waals surface area contributed by atoms with E-state index in [1.54, 1.807) is 7.11 Å². The Morgan fingerprint density at radius 2 is 1.74 bits per heavy atom. The number of benzene rings is 1. The fraction of sp³-hybridized carbons (Fsp3) is 0.562. The lowest BCUT2D eigenvalue weighted by Gasteiger charge is -2.21. The largest absolute Gasteiger partial charge is 0.497 e. The van der Waals surface area contributed by atoms with Gasteiger partial charge in [-0.05, 0) is 29.5 Å². The average Bonchev–Trinajstić information content (AvgIpc) is 2.37. The molecular weight excluding hydrogens is 238 g/mol. The highest BCUT2D eigenvalue weighted by atomic mass is 16.5. The van der Waals surface area contributed by atoms with Gasteiger partial charge in [-0.2, -0.15) is 0 Å². The predicted octanol–water partition coefficient (Wildman–Crippen LogP) is 3.21. The Kier molecular flexibility index (Phi) is 5.87. The Morgan fingerprint density at radius 1 is 1.16 bits per heavy atom. The zero-order valence-electron chi connectivity index (χ0n) is 12.6. The van der Waals surface area contributed by atoms with Gasteiger partial charge in [0.05, 0.1) is 13.0 Å². The van der Waals surface area contributed by atoms with Crippen molar-refractivity contribution in [2.45, 2.75) is 33.6 Å². The van der Waals surface area contributed by atoms with Crippen LogP contribution in [0.5, 0.6) is 5.75 Å². The lowest BCUT2D eigenvalue weighted by Crippen LogP contribution is -2.34. The number of rotatable bonds is 6. The predicted molar refractivity (Wildman–Crippen MR) is 78.4 cm³/mol. The highest BCUT2D eigenvalue weighted by Gasteiger charge is 2.23. The van der Waals surface area contributed by atoms with Gasteiger partial charge in [-0.25, -0.2) is 0 Å². The van der Waals surface area contributed by atoms with E-state index >= 15 is 0 Å². The highest BCUT2D eigenvalue weighted by Crippen LogP contribution is 2.26. The summed E-state index contributed by atoms with van der Waals surface area (Å²) in [5.74, 6) is 1.54. The number of methoxy groups -OCH3 is 1. The molecule has 1 unspecified atom stereocenters. The van der Waals surface area contributed by atoms with Crippen molar-refractivity contribution in [3.63, 3.8) is 0 Å². The van der Waals surface area contributed by atoms with Crippen LogP contribution in [0.15, 0.2) is 24.3 Å². The highest BCUT2D eigenvalue weighted by molar-refractivity contribution is 5.83. The maximum absolute atomic E-state index is 12.3. The smallest absolute Gasteiger partial charge is 0.227 e. The quantitative estimate of drug-likeness (QED) is 0.856. The van der Waals surface area contributed by atoms with E-state index in [0.29, 0.717) is 5.92 Å². The minimum atomic E-state index is -0.107. The number of ether oxygens (including phenoxy) is 1. The maximum atomic E-state index is 12.3. The van der Waals surface area contributed by atoms with Gasteiger partial charge in [0.1, 0.15) is 5.75 Å². The molecule has 0 aliphatic rings.